The van der Waals surface area contributed by atoms with Crippen LogP contribution in [0.1, 0.15) is 18.1 Å². The van der Waals surface area contributed by atoms with Gasteiger partial charge in [-0.25, -0.2) is 0 Å². The predicted octanol–water partition coefficient (Wildman–Crippen LogP) is 2.07. The van der Waals surface area contributed by atoms with Crippen LogP contribution in [0.3, 0.4) is 0 Å². The Kier molecular flexibility index (Phi) is 5.31. The lowest BCUT2D eigenvalue weighted by atomic mass is 10.1. The van der Waals surface area contributed by atoms with E-state index in [4.69, 9.17) is 5.11 Å². The van der Waals surface area contributed by atoms with E-state index in [0.717, 1.165) is 0 Å². The van der Waals surface area contributed by atoms with E-state index in [1.807, 2.05) is 6.92 Å². The molecule has 1 aromatic rings. The highest BCUT2D eigenvalue weighted by Gasteiger charge is 2.12. The van der Waals surface area contributed by atoms with E-state index in [1.54, 1.807) is 25.1 Å². The summed E-state index contributed by atoms with van der Waals surface area (Å²) in [5, 5.41) is 11.9. The number of hydrogen-bond donors (Lipinski definition) is 2. The predicted molar refractivity (Wildman–Crippen MR) is 61.2 cm³/mol. The Bertz CT molecular complexity index is 358. The van der Waals surface area contributed by atoms with Gasteiger partial charge in [-0.3, -0.25) is 0 Å². The summed E-state index contributed by atoms with van der Waals surface area (Å²) in [4.78, 5) is 0. The zero-order valence-corrected chi connectivity index (χ0v) is 9.91. The van der Waals surface area contributed by atoms with E-state index in [-0.39, 0.29) is 18.4 Å². The summed E-state index contributed by atoms with van der Waals surface area (Å²) in [6.45, 7) is 1.08. The molecule has 1 rings (SSSR count). The van der Waals surface area contributed by atoms with Gasteiger partial charge in [0.15, 0.2) is 0 Å². The number of alkyl halides is 2. The average Bonchev–Trinajstić information content (AvgIpc) is 2.29. The standard InChI is InChI=1S/C12H17F2NO2/c1-8-4-3-5-10(6-15-9(2)7-16)11(8)17-12(13)14/h3-5,9,12,15-16H,6-7H2,1-2H3. The third kappa shape index (κ3) is 4.28. The van der Waals surface area contributed by atoms with Crippen molar-refractivity contribution in [3.8, 4) is 5.75 Å². The summed E-state index contributed by atoms with van der Waals surface area (Å²) in [5.74, 6) is 0.208. The number of aryl methyl sites for hydroxylation is 1. The Morgan fingerprint density at radius 2 is 2.12 bits per heavy atom. The van der Waals surface area contributed by atoms with Crippen molar-refractivity contribution >= 4 is 0 Å². The molecular weight excluding hydrogens is 228 g/mol. The Balaban J connectivity index is 2.79. The SMILES string of the molecule is Cc1cccc(CNC(C)CO)c1OC(F)F. The first kappa shape index (κ1) is 13.9. The number of rotatable bonds is 6. The zero-order chi connectivity index (χ0) is 12.8. The highest BCUT2D eigenvalue weighted by Crippen LogP contribution is 2.25. The van der Waals surface area contributed by atoms with Gasteiger partial charge in [0.25, 0.3) is 0 Å². The largest absolute Gasteiger partial charge is 0.434 e. The quantitative estimate of drug-likeness (QED) is 0.806. The van der Waals surface area contributed by atoms with E-state index >= 15 is 0 Å². The molecule has 0 aliphatic carbocycles. The Morgan fingerprint density at radius 3 is 2.71 bits per heavy atom. The van der Waals surface area contributed by atoms with Gasteiger partial charge in [-0.2, -0.15) is 8.78 Å². The monoisotopic (exact) mass is 245 g/mol. The molecule has 1 unspecified atom stereocenters. The third-order valence-electron chi connectivity index (χ3n) is 2.42. The molecule has 0 amide bonds. The number of aliphatic hydroxyl groups is 1. The van der Waals surface area contributed by atoms with Crippen LogP contribution in [0.2, 0.25) is 0 Å². The normalized spacial score (nSPS) is 12.8. The molecule has 0 heterocycles. The molecule has 0 spiro atoms. The van der Waals surface area contributed by atoms with Gasteiger partial charge < -0.3 is 15.2 Å². The minimum Gasteiger partial charge on any atom is -0.434 e. The molecular formula is C12H17F2NO2. The second-order valence-electron chi connectivity index (χ2n) is 3.91. The topological polar surface area (TPSA) is 41.5 Å². The summed E-state index contributed by atoms with van der Waals surface area (Å²) in [6, 6.07) is 5.14. The van der Waals surface area contributed by atoms with Gasteiger partial charge >= 0.3 is 6.61 Å². The fourth-order valence-electron chi connectivity index (χ4n) is 1.46. The molecule has 0 fully saturated rings. The van der Waals surface area contributed by atoms with Crippen molar-refractivity contribution in [1.82, 2.24) is 5.32 Å². The Hall–Kier alpha value is -1.20. The minimum absolute atomic E-state index is 0.00312. The second-order valence-corrected chi connectivity index (χ2v) is 3.91. The van der Waals surface area contributed by atoms with Gasteiger partial charge in [0.1, 0.15) is 5.75 Å². The van der Waals surface area contributed by atoms with Crippen molar-refractivity contribution in [3.05, 3.63) is 29.3 Å². The smallest absolute Gasteiger partial charge is 0.387 e. The highest BCUT2D eigenvalue weighted by atomic mass is 19.3. The number of aliphatic hydroxyl groups excluding tert-OH is 1. The fraction of sp³-hybridized carbons (Fsp3) is 0.500. The van der Waals surface area contributed by atoms with Crippen molar-refractivity contribution in [2.45, 2.75) is 33.0 Å². The van der Waals surface area contributed by atoms with Gasteiger partial charge in [-0.05, 0) is 19.4 Å². The van der Waals surface area contributed by atoms with Crippen molar-refractivity contribution < 1.29 is 18.6 Å². The van der Waals surface area contributed by atoms with E-state index in [0.29, 0.717) is 17.7 Å². The van der Waals surface area contributed by atoms with Crippen molar-refractivity contribution in [2.24, 2.45) is 0 Å². The van der Waals surface area contributed by atoms with E-state index in [2.05, 4.69) is 10.1 Å². The maximum absolute atomic E-state index is 12.3. The molecule has 3 nitrogen and oxygen atoms in total. The maximum Gasteiger partial charge on any atom is 0.387 e. The lowest BCUT2D eigenvalue weighted by Crippen LogP contribution is -2.29. The summed E-state index contributed by atoms with van der Waals surface area (Å²) in [7, 11) is 0. The molecule has 1 aromatic carbocycles. The van der Waals surface area contributed by atoms with Crippen molar-refractivity contribution in [1.29, 1.82) is 0 Å². The molecule has 0 saturated heterocycles. The second kappa shape index (κ2) is 6.51. The lowest BCUT2D eigenvalue weighted by Gasteiger charge is -2.16. The summed E-state index contributed by atoms with van der Waals surface area (Å²) >= 11 is 0. The molecule has 96 valence electrons. The zero-order valence-electron chi connectivity index (χ0n) is 9.91. The first-order valence-electron chi connectivity index (χ1n) is 5.42. The van der Waals surface area contributed by atoms with Gasteiger partial charge in [0.2, 0.25) is 0 Å². The van der Waals surface area contributed by atoms with Gasteiger partial charge in [-0.15, -0.1) is 0 Å². The third-order valence-corrected chi connectivity index (χ3v) is 2.42. The molecule has 0 saturated carbocycles. The molecule has 0 aliphatic heterocycles. The molecule has 5 heteroatoms. The number of benzene rings is 1. The summed E-state index contributed by atoms with van der Waals surface area (Å²) in [6.07, 6.45) is 0. The number of halogens is 2. The summed E-state index contributed by atoms with van der Waals surface area (Å²) < 4.78 is 29.0. The molecule has 0 radical (unpaired) electrons. The van der Waals surface area contributed by atoms with Gasteiger partial charge in [0, 0.05) is 18.2 Å². The van der Waals surface area contributed by atoms with Crippen LogP contribution < -0.4 is 10.1 Å². The van der Waals surface area contributed by atoms with Crippen LogP contribution in [-0.2, 0) is 6.54 Å². The van der Waals surface area contributed by atoms with E-state index < -0.39 is 6.61 Å². The van der Waals surface area contributed by atoms with Gasteiger partial charge in [0.05, 0.1) is 6.61 Å². The molecule has 2 N–H and O–H groups in total. The first-order valence-corrected chi connectivity index (χ1v) is 5.42. The number of ether oxygens (including phenoxy) is 1. The van der Waals surface area contributed by atoms with Crippen LogP contribution in [0.5, 0.6) is 5.75 Å². The molecule has 1 atom stereocenters. The molecule has 0 aromatic heterocycles. The summed E-state index contributed by atoms with van der Waals surface area (Å²) in [5.41, 5.74) is 1.33. The minimum atomic E-state index is -2.83. The Labute approximate surface area is 99.4 Å². The number of nitrogens with one attached hydrogen (secondary N) is 1. The maximum atomic E-state index is 12.3. The van der Waals surface area contributed by atoms with Crippen LogP contribution in [0.4, 0.5) is 8.78 Å². The van der Waals surface area contributed by atoms with Crippen LogP contribution >= 0.6 is 0 Å². The first-order chi connectivity index (χ1) is 8.04. The van der Waals surface area contributed by atoms with Crippen LogP contribution in [0, 0.1) is 6.92 Å². The van der Waals surface area contributed by atoms with E-state index in [1.165, 1.54) is 0 Å². The average molecular weight is 245 g/mol. The van der Waals surface area contributed by atoms with E-state index in [9.17, 15) is 8.78 Å². The highest BCUT2D eigenvalue weighted by molar-refractivity contribution is 5.40. The van der Waals surface area contributed by atoms with Gasteiger partial charge in [-0.1, -0.05) is 18.2 Å². The van der Waals surface area contributed by atoms with Crippen molar-refractivity contribution in [3.63, 3.8) is 0 Å². The van der Waals surface area contributed by atoms with Crippen molar-refractivity contribution in [2.75, 3.05) is 6.61 Å². The Morgan fingerprint density at radius 1 is 1.41 bits per heavy atom. The molecule has 0 bridgehead atoms. The molecule has 0 aliphatic rings. The van der Waals surface area contributed by atoms with Crippen LogP contribution in [-0.4, -0.2) is 24.4 Å². The fourth-order valence-corrected chi connectivity index (χ4v) is 1.46. The van der Waals surface area contributed by atoms with Crippen LogP contribution in [0.15, 0.2) is 18.2 Å². The lowest BCUT2D eigenvalue weighted by molar-refractivity contribution is -0.0509. The van der Waals surface area contributed by atoms with Crippen LogP contribution in [0.25, 0.3) is 0 Å². The number of hydrogen-bond acceptors (Lipinski definition) is 3. The number of para-hydroxylation sites is 1. The molecule has 17 heavy (non-hydrogen) atoms.